The topological polar surface area (TPSA) is 143 Å². The van der Waals surface area contributed by atoms with Crippen LogP contribution in [0.3, 0.4) is 0 Å². The van der Waals surface area contributed by atoms with E-state index in [1.54, 1.807) is 19.1 Å². The van der Waals surface area contributed by atoms with Crippen LogP contribution in [-0.4, -0.2) is 22.7 Å². The molecule has 3 aromatic rings. The molecule has 10 nitrogen and oxygen atoms in total. The number of benzene rings is 1. The highest BCUT2D eigenvalue weighted by atomic mass is 32.2. The first-order valence-electron chi connectivity index (χ1n) is 7.03. The Balaban J connectivity index is 2.15. The normalized spacial score (nSPS) is 11.6. The van der Waals surface area contributed by atoms with E-state index in [-0.39, 0.29) is 15.6 Å². The van der Waals surface area contributed by atoms with Gasteiger partial charge in [-0.25, -0.2) is 13.2 Å². The average molecular weight is 366 g/mol. The van der Waals surface area contributed by atoms with Gasteiger partial charge in [0.1, 0.15) is 5.75 Å². The minimum atomic E-state index is -4.48. The molecule has 3 rings (SSSR count). The summed E-state index contributed by atoms with van der Waals surface area (Å²) >= 11 is 0. The van der Waals surface area contributed by atoms with Gasteiger partial charge in [0.05, 0.1) is 0 Å². The Bertz CT molecular complexity index is 1090. The van der Waals surface area contributed by atoms with E-state index in [1.807, 2.05) is 13.0 Å². The lowest BCUT2D eigenvalue weighted by molar-refractivity contribution is 0.350. The van der Waals surface area contributed by atoms with E-state index >= 15 is 0 Å². The molecule has 11 heteroatoms. The quantitative estimate of drug-likeness (QED) is 0.723. The summed E-state index contributed by atoms with van der Waals surface area (Å²) < 4.78 is 40.5. The summed E-state index contributed by atoms with van der Waals surface area (Å²) in [5.41, 5.74) is 7.13. The van der Waals surface area contributed by atoms with Crippen LogP contribution >= 0.6 is 0 Å². The molecule has 0 saturated heterocycles. The van der Waals surface area contributed by atoms with E-state index in [0.717, 1.165) is 5.56 Å². The maximum atomic E-state index is 12.8. The van der Waals surface area contributed by atoms with Crippen molar-refractivity contribution >= 4 is 15.8 Å². The van der Waals surface area contributed by atoms with Gasteiger partial charge in [0, 0.05) is 0 Å². The second-order valence-electron chi connectivity index (χ2n) is 5.32. The highest BCUT2D eigenvalue weighted by Gasteiger charge is 2.33. The van der Waals surface area contributed by atoms with Crippen molar-refractivity contribution in [3.8, 4) is 11.8 Å². The highest BCUT2D eigenvalue weighted by Crippen LogP contribution is 2.29. The molecule has 132 valence electrons. The molecule has 0 amide bonds. The van der Waals surface area contributed by atoms with Crippen molar-refractivity contribution in [3.05, 3.63) is 45.6 Å². The second-order valence-corrected chi connectivity index (χ2v) is 7.05. The summed E-state index contributed by atoms with van der Waals surface area (Å²) in [5, 5.41) is 6.78. The zero-order valence-electron chi connectivity index (χ0n) is 13.5. The number of nitrogens with zero attached hydrogens (tertiary/aromatic N) is 3. The molecule has 0 saturated carbocycles. The number of rotatable bonds is 4. The van der Waals surface area contributed by atoms with Gasteiger partial charge in [0.2, 0.25) is 0 Å². The number of aromatic nitrogens is 3. The van der Waals surface area contributed by atoms with Crippen LogP contribution in [-0.2, 0) is 10.0 Å². The van der Waals surface area contributed by atoms with Crippen LogP contribution in [0.5, 0.6) is 11.8 Å². The molecule has 25 heavy (non-hydrogen) atoms. The summed E-state index contributed by atoms with van der Waals surface area (Å²) in [6, 6.07) is 4.75. The largest absolute Gasteiger partial charge is 0.458 e. The molecular formula is C14H14N4O6S. The Labute approximate surface area is 141 Å². The summed E-state index contributed by atoms with van der Waals surface area (Å²) in [5.74, 6) is -1.39. The zero-order chi connectivity index (χ0) is 18.4. The van der Waals surface area contributed by atoms with Gasteiger partial charge >= 0.3 is 11.8 Å². The summed E-state index contributed by atoms with van der Waals surface area (Å²) in [4.78, 5) is 11.5. The number of nitrogens with two attached hydrogens (primary N) is 1. The monoisotopic (exact) mass is 366 g/mol. The lowest BCUT2D eigenvalue weighted by Gasteiger charge is -2.09. The van der Waals surface area contributed by atoms with Crippen LogP contribution < -0.4 is 16.2 Å². The lowest BCUT2D eigenvalue weighted by atomic mass is 10.1. The summed E-state index contributed by atoms with van der Waals surface area (Å²) in [6.45, 7) is 4.94. The molecule has 0 spiro atoms. The Morgan fingerprint density at radius 3 is 2.52 bits per heavy atom. The van der Waals surface area contributed by atoms with Gasteiger partial charge in [-0.2, -0.15) is 0 Å². The van der Waals surface area contributed by atoms with Crippen LogP contribution in [0.4, 0.5) is 5.82 Å². The molecule has 0 atom stereocenters. The zero-order valence-corrected chi connectivity index (χ0v) is 14.3. The van der Waals surface area contributed by atoms with Gasteiger partial charge in [0.25, 0.3) is 10.0 Å². The molecule has 0 radical (unpaired) electrons. The van der Waals surface area contributed by atoms with E-state index in [0.29, 0.717) is 11.3 Å². The summed E-state index contributed by atoms with van der Waals surface area (Å²) in [6.07, 6.45) is 0. The van der Waals surface area contributed by atoms with Crippen molar-refractivity contribution in [1.29, 1.82) is 0 Å². The van der Waals surface area contributed by atoms with Gasteiger partial charge in [0.15, 0.2) is 16.5 Å². The fraction of sp³-hybridized carbons (Fsp3) is 0.214. The fourth-order valence-electron chi connectivity index (χ4n) is 2.19. The third-order valence-corrected chi connectivity index (χ3v) is 5.22. The maximum absolute atomic E-state index is 12.8. The van der Waals surface area contributed by atoms with Crippen LogP contribution in [0.1, 0.15) is 16.9 Å². The van der Waals surface area contributed by atoms with Crippen LogP contribution in [0.25, 0.3) is 0 Å². The fourth-order valence-corrected chi connectivity index (χ4v) is 3.58. The van der Waals surface area contributed by atoms with Crippen molar-refractivity contribution in [1.82, 2.24) is 14.3 Å². The molecule has 1 aromatic carbocycles. The van der Waals surface area contributed by atoms with E-state index in [2.05, 4.69) is 14.8 Å². The maximum Gasteiger partial charge on any atom is 0.458 e. The Morgan fingerprint density at radius 2 is 1.88 bits per heavy atom. The molecule has 2 N–H and O–H groups in total. The van der Waals surface area contributed by atoms with Crippen LogP contribution in [0.2, 0.25) is 0 Å². The molecule has 2 heterocycles. The first kappa shape index (κ1) is 16.8. The third kappa shape index (κ3) is 2.78. The van der Waals surface area contributed by atoms with Crippen LogP contribution in [0, 0.1) is 20.8 Å². The third-order valence-electron chi connectivity index (χ3n) is 3.42. The number of nitrogen functional groups attached to an aromatic ring is 1. The molecule has 2 aromatic heterocycles. The van der Waals surface area contributed by atoms with Gasteiger partial charge < -0.3 is 15.0 Å². The van der Waals surface area contributed by atoms with Gasteiger partial charge in [-0.1, -0.05) is 17.3 Å². The predicted octanol–water partition coefficient (Wildman–Crippen LogP) is 1.36. The van der Waals surface area contributed by atoms with Crippen molar-refractivity contribution in [3.63, 3.8) is 0 Å². The Hall–Kier alpha value is -3.08. The minimum Gasteiger partial charge on any atom is -0.422 e. The first-order valence-corrected chi connectivity index (χ1v) is 8.47. The van der Waals surface area contributed by atoms with Crippen molar-refractivity contribution in [2.24, 2.45) is 0 Å². The smallest absolute Gasteiger partial charge is 0.422 e. The van der Waals surface area contributed by atoms with Crippen molar-refractivity contribution in [2.45, 2.75) is 25.7 Å². The molecule has 0 aliphatic rings. The van der Waals surface area contributed by atoms with E-state index < -0.39 is 26.7 Å². The highest BCUT2D eigenvalue weighted by molar-refractivity contribution is 7.90. The second kappa shape index (κ2) is 5.77. The van der Waals surface area contributed by atoms with Gasteiger partial charge in [-0.3, -0.25) is 4.52 Å². The number of ether oxygens (including phenoxy) is 1. The summed E-state index contributed by atoms with van der Waals surface area (Å²) in [7, 11) is -4.48. The van der Waals surface area contributed by atoms with Crippen molar-refractivity contribution in [2.75, 3.05) is 5.73 Å². The number of anilines is 1. The van der Waals surface area contributed by atoms with Crippen molar-refractivity contribution < 1.29 is 22.2 Å². The standard InChI is InChI=1S/C14H14N4O6S/c1-7-4-5-8(2)10(6-7)22-13-17-24-14(19)18(13)25(20,21)11-9(3)23-16-12(11)15/h4-6H,1-3H3,(H2,15,16). The first-order chi connectivity index (χ1) is 11.7. The molecule has 0 aliphatic carbocycles. The molecular weight excluding hydrogens is 352 g/mol. The van der Waals surface area contributed by atoms with E-state index in [4.69, 9.17) is 15.0 Å². The molecule has 0 fully saturated rings. The Morgan fingerprint density at radius 1 is 1.16 bits per heavy atom. The van der Waals surface area contributed by atoms with E-state index in [9.17, 15) is 13.2 Å². The average Bonchev–Trinajstić information content (AvgIpc) is 3.06. The number of hydrogen-bond acceptors (Lipinski definition) is 9. The predicted molar refractivity (Wildman–Crippen MR) is 85.0 cm³/mol. The Kier molecular flexibility index (Phi) is 3.87. The number of aryl methyl sites for hydroxylation is 3. The number of hydrogen-bond donors (Lipinski definition) is 1. The molecule has 0 aliphatic heterocycles. The van der Waals surface area contributed by atoms with Gasteiger partial charge in [-0.05, 0) is 43.1 Å². The SMILES string of the molecule is Cc1ccc(C)c(Oc2noc(=O)n2S(=O)(=O)c2c(N)noc2C)c1. The van der Waals surface area contributed by atoms with E-state index in [1.165, 1.54) is 6.92 Å². The van der Waals surface area contributed by atoms with Gasteiger partial charge in [-0.15, -0.1) is 3.97 Å². The minimum absolute atomic E-state index is 0.0803. The molecule has 0 bridgehead atoms. The molecule has 0 unspecified atom stereocenters. The van der Waals surface area contributed by atoms with Crippen LogP contribution in [0.15, 0.2) is 36.9 Å². The lowest BCUT2D eigenvalue weighted by Crippen LogP contribution is -2.25.